The number of allylic oxidation sites excluding steroid dienone is 1. The lowest BCUT2D eigenvalue weighted by molar-refractivity contribution is -0.0796. The maximum absolute atomic E-state index is 13.7. The molecule has 49 heavy (non-hydrogen) atoms. The van der Waals surface area contributed by atoms with Crippen molar-refractivity contribution >= 4 is 50.7 Å². The molecule has 0 radical (unpaired) electrons. The van der Waals surface area contributed by atoms with Gasteiger partial charge in [-0.3, -0.25) is 4.57 Å². The second kappa shape index (κ2) is 14.5. The summed E-state index contributed by atoms with van der Waals surface area (Å²) < 4.78 is 26.5. The summed E-state index contributed by atoms with van der Waals surface area (Å²) in [5.74, 6) is -2.12. The third-order valence-corrected chi connectivity index (χ3v) is 8.59. The number of hydrogen-bond donors (Lipinski definition) is 1. The lowest BCUT2D eigenvalue weighted by Crippen LogP contribution is -2.44. The number of nitrogens with zero attached hydrogens (tertiary/aromatic N) is 4. The fraction of sp³-hybridized carbons (Fsp3) is 0.167. The van der Waals surface area contributed by atoms with Gasteiger partial charge in [0.25, 0.3) is 0 Å². The van der Waals surface area contributed by atoms with Crippen molar-refractivity contribution in [2.24, 2.45) is 0 Å². The van der Waals surface area contributed by atoms with E-state index in [2.05, 4.69) is 32.0 Å². The second-order valence-electron chi connectivity index (χ2n) is 10.8. The first-order chi connectivity index (χ1) is 23.8. The Morgan fingerprint density at radius 1 is 0.878 bits per heavy atom. The second-order valence-corrected chi connectivity index (χ2v) is 11.6. The van der Waals surface area contributed by atoms with E-state index in [4.69, 9.17) is 24.7 Å². The van der Waals surface area contributed by atoms with Gasteiger partial charge in [-0.1, -0.05) is 60.7 Å². The number of nitrogens with two attached hydrogens (primary N) is 1. The molecule has 12 nitrogen and oxygen atoms in total. The molecule has 0 bridgehead atoms. The first kappa shape index (κ1) is 33.1. The third kappa shape index (κ3) is 6.64. The minimum atomic E-state index is -1.37. The number of carbonyl (C=O) groups is 3. The first-order valence-electron chi connectivity index (χ1n) is 15.1. The van der Waals surface area contributed by atoms with Crippen LogP contribution in [0.15, 0.2) is 114 Å². The Bertz CT molecular complexity index is 2070. The van der Waals surface area contributed by atoms with E-state index in [0.29, 0.717) is 0 Å². The van der Waals surface area contributed by atoms with E-state index in [9.17, 15) is 19.6 Å². The van der Waals surface area contributed by atoms with E-state index in [-0.39, 0.29) is 43.7 Å². The number of nitrogen functional groups attached to an aromatic ring is 1. The number of ether oxygens (including phenoxy) is 4. The smallest absolute Gasteiger partial charge is 0.338 e. The van der Waals surface area contributed by atoms with Crippen molar-refractivity contribution in [1.82, 2.24) is 14.5 Å². The minimum absolute atomic E-state index is 0.0315. The van der Waals surface area contributed by atoms with Crippen LogP contribution in [0.5, 0.6) is 0 Å². The van der Waals surface area contributed by atoms with Crippen molar-refractivity contribution < 1.29 is 33.3 Å². The molecule has 5 aromatic rings. The Labute approximate surface area is 288 Å². The summed E-state index contributed by atoms with van der Waals surface area (Å²) in [5, 5.41) is 10.3. The van der Waals surface area contributed by atoms with Crippen LogP contribution in [0.25, 0.3) is 11.0 Å². The van der Waals surface area contributed by atoms with Crippen molar-refractivity contribution in [2.75, 3.05) is 5.73 Å². The monoisotopic (exact) mass is 721 g/mol. The van der Waals surface area contributed by atoms with Gasteiger partial charge in [-0.2, -0.15) is 5.26 Å². The van der Waals surface area contributed by atoms with Crippen molar-refractivity contribution in [3.05, 3.63) is 136 Å². The van der Waals surface area contributed by atoms with E-state index in [1.54, 1.807) is 110 Å². The molecule has 3 heterocycles. The zero-order chi connectivity index (χ0) is 34.5. The maximum atomic E-state index is 13.7. The van der Waals surface area contributed by atoms with Crippen LogP contribution in [0, 0.1) is 11.3 Å². The minimum Gasteiger partial charge on any atom is -0.452 e. The first-order valence-corrected chi connectivity index (χ1v) is 15.9. The predicted octanol–water partition coefficient (Wildman–Crippen LogP) is 5.80. The highest BCUT2D eigenvalue weighted by Gasteiger charge is 2.55. The average molecular weight is 723 g/mol. The number of hydrogen-bond acceptors (Lipinski definition) is 11. The Hall–Kier alpha value is -5.84. The summed E-state index contributed by atoms with van der Waals surface area (Å²) >= 11 is 3.49. The molecule has 3 aromatic carbocycles. The number of fused-ring (bicyclic) bond motifs is 1. The van der Waals surface area contributed by atoms with Crippen LogP contribution in [0.1, 0.15) is 49.8 Å². The van der Waals surface area contributed by atoms with Crippen LogP contribution >= 0.6 is 15.9 Å². The van der Waals surface area contributed by atoms with Gasteiger partial charge in [0.1, 0.15) is 34.6 Å². The van der Waals surface area contributed by atoms with Gasteiger partial charge in [0.2, 0.25) is 0 Å². The molecule has 13 heteroatoms. The summed E-state index contributed by atoms with van der Waals surface area (Å²) in [5.41, 5.74) is 7.20. The molecular weight excluding hydrogens is 694 g/mol. The molecule has 6 rings (SSSR count). The van der Waals surface area contributed by atoms with E-state index >= 15 is 0 Å². The van der Waals surface area contributed by atoms with Gasteiger partial charge in [0.15, 0.2) is 24.5 Å². The normalized spacial score (nSPS) is 19.3. The molecule has 1 aliphatic rings. The molecule has 1 fully saturated rings. The Morgan fingerprint density at radius 2 is 1.41 bits per heavy atom. The van der Waals surface area contributed by atoms with Crippen molar-refractivity contribution in [1.29, 1.82) is 5.26 Å². The molecule has 246 valence electrons. The Balaban J connectivity index is 1.51. The topological polar surface area (TPSA) is 169 Å². The van der Waals surface area contributed by atoms with Crippen LogP contribution < -0.4 is 5.73 Å². The highest BCUT2D eigenvalue weighted by Crippen LogP contribution is 2.43. The van der Waals surface area contributed by atoms with Gasteiger partial charge in [0.05, 0.1) is 27.6 Å². The SMILES string of the molecule is CC=C[C@@H](OC(=O)c1ccccc1)[C@H]1O[C@@H](n2c(Br)c(C#N)c3c(N)ncnc32)[C@H](OC(=O)c2ccccc2)[C@@H]1OC(=O)c1ccccc1. The van der Waals surface area contributed by atoms with Crippen molar-refractivity contribution in [2.45, 2.75) is 37.6 Å². The van der Waals surface area contributed by atoms with E-state index < -0.39 is 48.6 Å². The van der Waals surface area contributed by atoms with E-state index in [1.165, 1.54) is 10.9 Å². The molecule has 1 aliphatic heterocycles. The standard InChI is InChI=1S/C36H28BrN5O7/c1-2-12-25(46-34(43)21-13-6-3-7-14-21)27-28(48-35(44)22-15-8-4-9-16-22)29(49-36(45)23-17-10-5-11-18-23)33(47-27)42-30(37)24(19-38)26-31(39)40-20-41-32(26)42/h2-18,20,25,27-29,33H,1H3,(H2,39,40,41)/t25-,27-,28-,29-,33-/m1/s1. The van der Waals surface area contributed by atoms with Gasteiger partial charge in [0, 0.05) is 0 Å². The molecule has 0 aliphatic carbocycles. The molecule has 1 saturated heterocycles. The number of nitriles is 1. The van der Waals surface area contributed by atoms with Crippen LogP contribution in [-0.4, -0.2) is 56.9 Å². The van der Waals surface area contributed by atoms with E-state index in [0.717, 1.165) is 0 Å². The van der Waals surface area contributed by atoms with Gasteiger partial charge in [-0.05, 0) is 65.3 Å². The molecule has 0 saturated carbocycles. The largest absolute Gasteiger partial charge is 0.452 e. The van der Waals surface area contributed by atoms with Crippen molar-refractivity contribution in [3.63, 3.8) is 0 Å². The number of esters is 3. The highest BCUT2D eigenvalue weighted by molar-refractivity contribution is 9.10. The van der Waals surface area contributed by atoms with Gasteiger partial charge in [-0.15, -0.1) is 0 Å². The molecule has 5 atom stereocenters. The zero-order valence-electron chi connectivity index (χ0n) is 25.9. The third-order valence-electron chi connectivity index (χ3n) is 7.81. The molecule has 0 spiro atoms. The average Bonchev–Trinajstić information content (AvgIpc) is 3.62. The summed E-state index contributed by atoms with van der Waals surface area (Å²) in [6.45, 7) is 1.72. The number of benzene rings is 3. The van der Waals surface area contributed by atoms with Crippen molar-refractivity contribution in [3.8, 4) is 6.07 Å². The van der Waals surface area contributed by atoms with Crippen LogP contribution in [0.4, 0.5) is 5.82 Å². The molecule has 2 N–H and O–H groups in total. The van der Waals surface area contributed by atoms with E-state index in [1.807, 2.05) is 0 Å². The lowest BCUT2D eigenvalue weighted by Gasteiger charge is -2.27. The molecule has 0 amide bonds. The van der Waals surface area contributed by atoms with Crippen LogP contribution in [0.3, 0.4) is 0 Å². The van der Waals surface area contributed by atoms with Crippen LogP contribution in [-0.2, 0) is 18.9 Å². The Morgan fingerprint density at radius 3 is 1.94 bits per heavy atom. The summed E-state index contributed by atoms with van der Waals surface area (Å²) in [4.78, 5) is 49.1. The van der Waals surface area contributed by atoms with Crippen LogP contribution in [0.2, 0.25) is 0 Å². The lowest BCUT2D eigenvalue weighted by atomic mass is 10.0. The number of rotatable bonds is 9. The summed E-state index contributed by atoms with van der Waals surface area (Å²) in [6.07, 6.45) is -1.94. The quantitative estimate of drug-likeness (QED) is 0.111. The summed E-state index contributed by atoms with van der Waals surface area (Å²) in [6, 6.07) is 27.0. The zero-order valence-corrected chi connectivity index (χ0v) is 27.5. The number of anilines is 1. The van der Waals surface area contributed by atoms with Gasteiger partial charge >= 0.3 is 17.9 Å². The summed E-state index contributed by atoms with van der Waals surface area (Å²) in [7, 11) is 0. The Kier molecular flexibility index (Phi) is 9.79. The maximum Gasteiger partial charge on any atom is 0.338 e. The van der Waals surface area contributed by atoms with Gasteiger partial charge < -0.3 is 24.7 Å². The van der Waals surface area contributed by atoms with Gasteiger partial charge in [-0.25, -0.2) is 24.4 Å². The molecule has 0 unspecified atom stereocenters. The molecule has 2 aromatic heterocycles. The fourth-order valence-electron chi connectivity index (χ4n) is 5.56. The number of carbonyl (C=O) groups excluding carboxylic acids is 3. The molecular formula is C36H28BrN5O7. The highest BCUT2D eigenvalue weighted by atomic mass is 79.9. The fourth-order valence-corrected chi connectivity index (χ4v) is 6.22. The number of aromatic nitrogens is 3. The predicted molar refractivity (Wildman–Crippen MR) is 180 cm³/mol. The number of halogens is 1.